The van der Waals surface area contributed by atoms with Crippen molar-refractivity contribution in [1.82, 2.24) is 9.78 Å². The van der Waals surface area contributed by atoms with Crippen molar-refractivity contribution in [2.45, 2.75) is 6.92 Å². The van der Waals surface area contributed by atoms with Crippen molar-refractivity contribution in [3.63, 3.8) is 0 Å². The molecule has 0 saturated heterocycles. The average Bonchev–Trinajstić information content (AvgIpc) is 2.87. The zero-order chi connectivity index (χ0) is 19.9. The van der Waals surface area contributed by atoms with E-state index >= 15 is 0 Å². The van der Waals surface area contributed by atoms with Crippen LogP contribution in [0.15, 0.2) is 30.3 Å². The van der Waals surface area contributed by atoms with Crippen LogP contribution in [0.1, 0.15) is 21.7 Å². The molecule has 0 bridgehead atoms. The van der Waals surface area contributed by atoms with Gasteiger partial charge in [0.15, 0.2) is 0 Å². The number of benzene rings is 2. The molecule has 3 aromatic rings. The van der Waals surface area contributed by atoms with Gasteiger partial charge in [0.25, 0.3) is 0 Å². The number of halogens is 4. The van der Waals surface area contributed by atoms with Crippen molar-refractivity contribution >= 4 is 5.78 Å². The van der Waals surface area contributed by atoms with Crippen LogP contribution in [0.3, 0.4) is 0 Å². The van der Waals surface area contributed by atoms with Gasteiger partial charge in [0, 0.05) is 30.8 Å². The Morgan fingerprint density at radius 1 is 1.00 bits per heavy atom. The van der Waals surface area contributed by atoms with Gasteiger partial charge in [0.2, 0.25) is 5.78 Å². The standard InChI is InChI=1S/C19H14F4N2O2/c1-9-16(17-14(22)7-11(27-3)8-15(17)23)18(25(2)24-9)19(26)12-5-4-10(20)6-13(12)21/h4-8H,1-3H3. The Balaban J connectivity index is 2.25. The molecule has 8 heteroatoms. The Hall–Kier alpha value is -3.16. The lowest BCUT2D eigenvalue weighted by molar-refractivity contribution is 0.102. The van der Waals surface area contributed by atoms with Crippen molar-refractivity contribution in [1.29, 1.82) is 0 Å². The van der Waals surface area contributed by atoms with E-state index in [0.717, 1.165) is 28.9 Å². The highest BCUT2D eigenvalue weighted by molar-refractivity contribution is 6.12. The average molecular weight is 378 g/mol. The first-order chi connectivity index (χ1) is 12.7. The summed E-state index contributed by atoms with van der Waals surface area (Å²) in [7, 11) is 2.65. The molecule has 0 aliphatic rings. The predicted octanol–water partition coefficient (Wildman–Crippen LogP) is 4.19. The highest BCUT2D eigenvalue weighted by atomic mass is 19.1. The Morgan fingerprint density at radius 3 is 2.19 bits per heavy atom. The Bertz CT molecular complexity index is 1040. The number of methoxy groups -OCH3 is 1. The Kier molecular flexibility index (Phi) is 4.73. The van der Waals surface area contributed by atoms with Gasteiger partial charge in [0.05, 0.1) is 23.9 Å². The van der Waals surface area contributed by atoms with Gasteiger partial charge in [-0.2, -0.15) is 5.10 Å². The molecule has 0 N–H and O–H groups in total. The number of aromatic nitrogens is 2. The van der Waals surface area contributed by atoms with E-state index in [1.807, 2.05) is 0 Å². The zero-order valence-electron chi connectivity index (χ0n) is 14.6. The summed E-state index contributed by atoms with van der Waals surface area (Å²) in [6.07, 6.45) is 0. The Labute approximate surface area is 152 Å². The molecule has 1 aromatic heterocycles. The SMILES string of the molecule is COc1cc(F)c(-c2c(C)nn(C)c2C(=O)c2ccc(F)cc2F)c(F)c1. The molecular formula is C19H14F4N2O2. The van der Waals surface area contributed by atoms with Gasteiger partial charge >= 0.3 is 0 Å². The number of hydrogen-bond donors (Lipinski definition) is 0. The summed E-state index contributed by atoms with van der Waals surface area (Å²) in [4.78, 5) is 12.9. The van der Waals surface area contributed by atoms with Crippen LogP contribution in [-0.4, -0.2) is 22.7 Å². The van der Waals surface area contributed by atoms with Crippen LogP contribution in [0, 0.1) is 30.2 Å². The first-order valence-electron chi connectivity index (χ1n) is 7.81. The van der Waals surface area contributed by atoms with Gasteiger partial charge in [-0.3, -0.25) is 9.48 Å². The molecule has 140 valence electrons. The number of rotatable bonds is 4. The third-order valence-corrected chi connectivity index (χ3v) is 4.11. The number of carbonyl (C=O) groups is 1. The summed E-state index contributed by atoms with van der Waals surface area (Å²) in [6.45, 7) is 1.47. The molecule has 0 radical (unpaired) electrons. The second-order valence-electron chi connectivity index (χ2n) is 5.85. The minimum atomic E-state index is -1.08. The highest BCUT2D eigenvalue weighted by Gasteiger charge is 2.28. The molecule has 0 saturated carbocycles. The van der Waals surface area contributed by atoms with Crippen LogP contribution in [0.4, 0.5) is 17.6 Å². The van der Waals surface area contributed by atoms with Crippen LogP contribution in [0.2, 0.25) is 0 Å². The molecule has 0 aliphatic heterocycles. The molecule has 27 heavy (non-hydrogen) atoms. The number of aryl methyl sites for hydroxylation is 2. The van der Waals surface area contributed by atoms with E-state index in [2.05, 4.69) is 5.10 Å². The van der Waals surface area contributed by atoms with Crippen LogP contribution in [-0.2, 0) is 7.05 Å². The first-order valence-corrected chi connectivity index (χ1v) is 7.81. The topological polar surface area (TPSA) is 44.1 Å². The van der Waals surface area contributed by atoms with Gasteiger partial charge in [-0.1, -0.05) is 0 Å². The van der Waals surface area contributed by atoms with Gasteiger partial charge < -0.3 is 4.74 Å². The molecule has 4 nitrogen and oxygen atoms in total. The molecule has 0 unspecified atom stereocenters. The van der Waals surface area contributed by atoms with Crippen molar-refractivity contribution in [3.8, 4) is 16.9 Å². The zero-order valence-corrected chi connectivity index (χ0v) is 14.6. The van der Waals surface area contributed by atoms with Crippen LogP contribution >= 0.6 is 0 Å². The number of ketones is 1. The summed E-state index contributed by atoms with van der Waals surface area (Å²) in [5, 5.41) is 4.04. The summed E-state index contributed by atoms with van der Waals surface area (Å²) in [6, 6.07) is 4.40. The van der Waals surface area contributed by atoms with E-state index in [1.165, 1.54) is 21.1 Å². The normalized spacial score (nSPS) is 10.9. The van der Waals surface area contributed by atoms with E-state index < -0.39 is 40.2 Å². The number of hydrogen-bond acceptors (Lipinski definition) is 3. The van der Waals surface area contributed by atoms with E-state index in [0.29, 0.717) is 6.07 Å². The number of carbonyl (C=O) groups excluding carboxylic acids is 1. The number of ether oxygens (including phenoxy) is 1. The second kappa shape index (κ2) is 6.86. The quantitative estimate of drug-likeness (QED) is 0.505. The maximum absolute atomic E-state index is 14.6. The number of nitrogens with zero attached hydrogens (tertiary/aromatic N) is 2. The lowest BCUT2D eigenvalue weighted by Crippen LogP contribution is -2.12. The maximum atomic E-state index is 14.6. The van der Waals surface area contributed by atoms with Crippen LogP contribution < -0.4 is 4.74 Å². The molecule has 0 aliphatic carbocycles. The largest absolute Gasteiger partial charge is 0.497 e. The van der Waals surface area contributed by atoms with Gasteiger partial charge in [-0.05, 0) is 19.1 Å². The fourth-order valence-electron chi connectivity index (χ4n) is 2.93. The monoisotopic (exact) mass is 378 g/mol. The maximum Gasteiger partial charge on any atom is 0.214 e. The molecule has 3 rings (SSSR count). The van der Waals surface area contributed by atoms with Crippen molar-refractivity contribution < 1.29 is 27.1 Å². The first kappa shape index (κ1) is 18.6. The van der Waals surface area contributed by atoms with Crippen molar-refractivity contribution in [3.05, 3.63) is 70.6 Å². The second-order valence-corrected chi connectivity index (χ2v) is 5.85. The van der Waals surface area contributed by atoms with Crippen molar-refractivity contribution in [2.75, 3.05) is 7.11 Å². The van der Waals surface area contributed by atoms with E-state index in [9.17, 15) is 22.4 Å². The fraction of sp³-hybridized carbons (Fsp3) is 0.158. The third-order valence-electron chi connectivity index (χ3n) is 4.11. The Morgan fingerprint density at radius 2 is 1.63 bits per heavy atom. The molecule has 0 spiro atoms. The summed E-state index contributed by atoms with van der Waals surface area (Å²) in [5.74, 6) is -4.76. The van der Waals surface area contributed by atoms with E-state index in [1.54, 1.807) is 0 Å². The van der Waals surface area contributed by atoms with Gasteiger partial charge in [-0.25, -0.2) is 17.6 Å². The minimum Gasteiger partial charge on any atom is -0.497 e. The molecule has 0 atom stereocenters. The molecule has 0 fully saturated rings. The molecule has 0 amide bonds. The minimum absolute atomic E-state index is 0.0345. The van der Waals surface area contributed by atoms with Crippen LogP contribution in [0.5, 0.6) is 5.75 Å². The highest BCUT2D eigenvalue weighted by Crippen LogP contribution is 2.35. The van der Waals surface area contributed by atoms with Crippen molar-refractivity contribution in [2.24, 2.45) is 7.05 Å². The summed E-state index contributed by atoms with van der Waals surface area (Å²) in [5.41, 5.74) is -1.07. The fourth-order valence-corrected chi connectivity index (χ4v) is 2.93. The molecular weight excluding hydrogens is 364 g/mol. The third kappa shape index (κ3) is 3.18. The molecule has 2 aromatic carbocycles. The van der Waals surface area contributed by atoms with Gasteiger partial charge in [-0.15, -0.1) is 0 Å². The smallest absolute Gasteiger partial charge is 0.214 e. The van der Waals surface area contributed by atoms with Gasteiger partial charge in [0.1, 0.15) is 34.7 Å². The predicted molar refractivity (Wildman–Crippen MR) is 89.6 cm³/mol. The van der Waals surface area contributed by atoms with E-state index in [4.69, 9.17) is 4.74 Å². The lowest BCUT2D eigenvalue weighted by atomic mass is 9.97. The lowest BCUT2D eigenvalue weighted by Gasteiger charge is -2.10. The summed E-state index contributed by atoms with van der Waals surface area (Å²) < 4.78 is 62.3. The summed E-state index contributed by atoms with van der Waals surface area (Å²) >= 11 is 0. The molecule has 1 heterocycles. The van der Waals surface area contributed by atoms with E-state index in [-0.39, 0.29) is 22.7 Å². The van der Waals surface area contributed by atoms with Crippen LogP contribution in [0.25, 0.3) is 11.1 Å².